The van der Waals surface area contributed by atoms with Crippen molar-refractivity contribution in [1.29, 1.82) is 0 Å². The Labute approximate surface area is 229 Å². The first-order valence-corrected chi connectivity index (χ1v) is 13.3. The largest absolute Gasteiger partial charge is 0.207 e. The lowest BCUT2D eigenvalue weighted by molar-refractivity contribution is 0.627. The molecular formula is C32H17BrF4S. The maximum Gasteiger partial charge on any atom is 0.123 e. The van der Waals surface area contributed by atoms with E-state index in [2.05, 4.69) is 15.9 Å². The third-order valence-corrected chi connectivity index (χ3v) is 8.14. The van der Waals surface area contributed by atoms with Crippen LogP contribution >= 0.6 is 27.3 Å². The van der Waals surface area contributed by atoms with Crippen molar-refractivity contribution in [1.82, 2.24) is 0 Å². The number of thiophene rings is 1. The molecule has 0 atom stereocenters. The van der Waals surface area contributed by atoms with Gasteiger partial charge in [0.15, 0.2) is 0 Å². The van der Waals surface area contributed by atoms with E-state index in [9.17, 15) is 17.6 Å². The molecular weight excluding hydrogens is 572 g/mol. The zero-order chi connectivity index (χ0) is 26.4. The average Bonchev–Trinajstić information content (AvgIpc) is 3.30. The van der Waals surface area contributed by atoms with E-state index < -0.39 is 0 Å². The molecule has 0 aliphatic rings. The van der Waals surface area contributed by atoms with Gasteiger partial charge in [0.05, 0.1) is 3.79 Å². The van der Waals surface area contributed by atoms with E-state index in [0.717, 1.165) is 58.4 Å². The van der Waals surface area contributed by atoms with Crippen molar-refractivity contribution in [2.75, 3.05) is 0 Å². The molecule has 0 spiro atoms. The number of benzene rings is 5. The monoisotopic (exact) mass is 588 g/mol. The van der Waals surface area contributed by atoms with Crippen LogP contribution in [0.25, 0.3) is 54.6 Å². The summed E-state index contributed by atoms with van der Waals surface area (Å²) in [6.07, 6.45) is 0. The zero-order valence-electron chi connectivity index (χ0n) is 19.6. The molecule has 0 N–H and O–H groups in total. The van der Waals surface area contributed by atoms with Gasteiger partial charge in [-0.25, -0.2) is 17.6 Å². The third kappa shape index (κ3) is 4.44. The molecule has 186 valence electrons. The molecule has 0 aliphatic heterocycles. The fourth-order valence-corrected chi connectivity index (χ4v) is 6.53. The van der Waals surface area contributed by atoms with Crippen LogP contribution in [0.3, 0.4) is 0 Å². The van der Waals surface area contributed by atoms with Gasteiger partial charge in [0.2, 0.25) is 0 Å². The molecule has 0 unspecified atom stereocenters. The highest BCUT2D eigenvalue weighted by atomic mass is 79.9. The summed E-state index contributed by atoms with van der Waals surface area (Å²) in [4.78, 5) is 0. The minimum Gasteiger partial charge on any atom is -0.207 e. The average molecular weight is 589 g/mol. The van der Waals surface area contributed by atoms with Gasteiger partial charge in [0.1, 0.15) is 23.3 Å². The molecule has 0 amide bonds. The second-order valence-corrected chi connectivity index (χ2v) is 11.3. The first kappa shape index (κ1) is 24.6. The lowest BCUT2D eigenvalue weighted by atomic mass is 9.81. The maximum atomic E-state index is 14.1. The van der Waals surface area contributed by atoms with Crippen molar-refractivity contribution in [3.8, 4) is 44.5 Å². The summed E-state index contributed by atoms with van der Waals surface area (Å²) in [6.45, 7) is 0. The lowest BCUT2D eigenvalue weighted by Crippen LogP contribution is -1.96. The predicted molar refractivity (Wildman–Crippen MR) is 151 cm³/mol. The quantitative estimate of drug-likeness (QED) is 0.180. The van der Waals surface area contributed by atoms with Crippen LogP contribution in [-0.2, 0) is 0 Å². The Bertz CT molecular complexity index is 1640. The van der Waals surface area contributed by atoms with Crippen LogP contribution in [0.2, 0.25) is 0 Å². The molecule has 0 nitrogen and oxygen atoms in total. The fourth-order valence-electron chi connectivity index (χ4n) is 4.85. The van der Waals surface area contributed by atoms with Gasteiger partial charge in [-0.15, -0.1) is 11.3 Å². The molecule has 5 aromatic carbocycles. The Kier molecular flexibility index (Phi) is 6.38. The number of rotatable bonds is 4. The lowest BCUT2D eigenvalue weighted by Gasteiger charge is -2.22. The minimum atomic E-state index is -0.376. The molecule has 0 radical (unpaired) electrons. The topological polar surface area (TPSA) is 0 Å². The molecule has 0 bridgehead atoms. The summed E-state index contributed by atoms with van der Waals surface area (Å²) in [5.41, 5.74) is 6.25. The zero-order valence-corrected chi connectivity index (χ0v) is 22.0. The van der Waals surface area contributed by atoms with Gasteiger partial charge in [-0.1, -0.05) is 48.5 Å². The van der Waals surface area contributed by atoms with E-state index in [1.54, 1.807) is 48.5 Å². The summed E-state index contributed by atoms with van der Waals surface area (Å²) >= 11 is 5.16. The van der Waals surface area contributed by atoms with Crippen LogP contribution < -0.4 is 0 Å². The molecule has 6 rings (SSSR count). The smallest absolute Gasteiger partial charge is 0.123 e. The van der Waals surface area contributed by atoms with Crippen LogP contribution in [0.4, 0.5) is 17.6 Å². The van der Waals surface area contributed by atoms with E-state index in [-0.39, 0.29) is 23.3 Å². The molecule has 1 heterocycles. The van der Waals surface area contributed by atoms with Crippen molar-refractivity contribution in [3.63, 3.8) is 0 Å². The summed E-state index contributed by atoms with van der Waals surface area (Å²) < 4.78 is 57.9. The molecule has 0 fully saturated rings. The molecule has 6 heteroatoms. The summed E-state index contributed by atoms with van der Waals surface area (Å²) in [5.74, 6) is -1.47. The number of hydrogen-bond acceptors (Lipinski definition) is 1. The summed E-state index contributed by atoms with van der Waals surface area (Å²) in [7, 11) is 0. The first-order valence-electron chi connectivity index (χ1n) is 11.7. The van der Waals surface area contributed by atoms with Crippen molar-refractivity contribution >= 4 is 37.4 Å². The van der Waals surface area contributed by atoms with Gasteiger partial charge in [0.25, 0.3) is 0 Å². The first-order chi connectivity index (χ1) is 18.4. The van der Waals surface area contributed by atoms with Crippen LogP contribution in [0.1, 0.15) is 0 Å². The van der Waals surface area contributed by atoms with Crippen molar-refractivity contribution in [2.24, 2.45) is 0 Å². The predicted octanol–water partition coefficient (Wildman–Crippen LogP) is 10.9. The number of halogens is 5. The van der Waals surface area contributed by atoms with E-state index in [4.69, 9.17) is 0 Å². The maximum absolute atomic E-state index is 14.1. The summed E-state index contributed by atoms with van der Waals surface area (Å²) in [5, 5.41) is 0.901. The van der Waals surface area contributed by atoms with Gasteiger partial charge in [0, 0.05) is 15.6 Å². The number of hydrogen-bond donors (Lipinski definition) is 0. The van der Waals surface area contributed by atoms with Gasteiger partial charge >= 0.3 is 0 Å². The Morgan fingerprint density at radius 3 is 1.13 bits per heavy atom. The van der Waals surface area contributed by atoms with Crippen LogP contribution in [0.15, 0.2) is 107 Å². The van der Waals surface area contributed by atoms with E-state index in [1.807, 2.05) is 6.07 Å². The van der Waals surface area contributed by atoms with Crippen LogP contribution in [0.5, 0.6) is 0 Å². The van der Waals surface area contributed by atoms with E-state index >= 15 is 0 Å². The van der Waals surface area contributed by atoms with Gasteiger partial charge in [-0.3, -0.25) is 0 Å². The molecule has 0 saturated carbocycles. The van der Waals surface area contributed by atoms with Gasteiger partial charge in [-0.05, 0) is 109 Å². The van der Waals surface area contributed by atoms with Crippen molar-refractivity contribution in [3.05, 3.63) is 130 Å². The molecule has 0 aliphatic carbocycles. The normalized spacial score (nSPS) is 11.3. The van der Waals surface area contributed by atoms with Crippen molar-refractivity contribution in [2.45, 2.75) is 0 Å². The van der Waals surface area contributed by atoms with Gasteiger partial charge < -0.3 is 0 Å². The molecule has 0 saturated heterocycles. The highest BCUT2D eigenvalue weighted by Crippen LogP contribution is 2.53. The second-order valence-electron chi connectivity index (χ2n) is 8.82. The Balaban J connectivity index is 1.86. The molecule has 6 aromatic rings. The van der Waals surface area contributed by atoms with E-state index in [0.29, 0.717) is 0 Å². The van der Waals surface area contributed by atoms with Crippen molar-refractivity contribution < 1.29 is 17.6 Å². The standard InChI is InChI=1S/C32H17BrF4S/c33-27-17-26-28(18-1-9-22(34)10-2-18)29(19-3-11-23(35)12-4-19)30(20-5-13-24(36)14-6-20)31(32(26)38-27)21-7-15-25(37)16-8-21/h1-17H. The molecule has 38 heavy (non-hydrogen) atoms. The molecule has 1 aromatic heterocycles. The van der Waals surface area contributed by atoms with E-state index in [1.165, 1.54) is 59.9 Å². The second kappa shape index (κ2) is 9.86. The fraction of sp³-hybridized carbons (Fsp3) is 0. The Morgan fingerprint density at radius 1 is 0.421 bits per heavy atom. The SMILES string of the molecule is Fc1ccc(-c2c(-c3ccc(F)cc3)c(-c3ccc(F)cc3)c3sc(Br)cc3c2-c2ccc(F)cc2)cc1. The number of fused-ring (bicyclic) bond motifs is 1. The highest BCUT2D eigenvalue weighted by Gasteiger charge is 2.25. The third-order valence-electron chi connectivity index (χ3n) is 6.48. The Morgan fingerprint density at radius 2 is 0.737 bits per heavy atom. The van der Waals surface area contributed by atoms with Crippen LogP contribution in [0, 0.1) is 23.3 Å². The summed E-state index contributed by atoms with van der Waals surface area (Å²) in [6, 6.07) is 26.9. The van der Waals surface area contributed by atoms with Crippen LogP contribution in [-0.4, -0.2) is 0 Å². The Hall–Kier alpha value is -3.74. The minimum absolute atomic E-state index is 0.359. The highest BCUT2D eigenvalue weighted by molar-refractivity contribution is 9.11. The van der Waals surface area contributed by atoms with Gasteiger partial charge in [-0.2, -0.15) is 0 Å².